The number of ketones is 1. The molecule has 0 bridgehead atoms. The molecule has 1 saturated heterocycles. The van der Waals surface area contributed by atoms with Gasteiger partial charge in [0.05, 0.1) is 12.8 Å². The highest BCUT2D eigenvalue weighted by Crippen LogP contribution is 2.23. The van der Waals surface area contributed by atoms with Crippen LogP contribution in [0.4, 0.5) is 4.79 Å². The lowest BCUT2D eigenvalue weighted by Crippen LogP contribution is -2.38. The Balaban J connectivity index is 1.61. The second-order valence-electron chi connectivity index (χ2n) is 5.70. The average molecular weight is 308 g/mol. The van der Waals surface area contributed by atoms with Crippen molar-refractivity contribution in [1.82, 2.24) is 9.88 Å². The molecule has 0 unspecified atom stereocenters. The minimum Gasteiger partial charge on any atom is -0.449 e. The molecule has 2 heterocycles. The molecule has 0 radical (unpaired) electrons. The Morgan fingerprint density at radius 2 is 2.18 bits per heavy atom. The van der Waals surface area contributed by atoms with E-state index in [-0.39, 0.29) is 17.8 Å². The van der Waals surface area contributed by atoms with Crippen molar-refractivity contribution in [2.45, 2.75) is 45.4 Å². The topological polar surface area (TPSA) is 72.6 Å². The van der Waals surface area contributed by atoms with Crippen LogP contribution in [0, 0.1) is 5.92 Å². The molecular formula is C16H24N2O4. The summed E-state index contributed by atoms with van der Waals surface area (Å²) >= 11 is 0. The molecule has 6 nitrogen and oxygen atoms in total. The van der Waals surface area contributed by atoms with E-state index in [1.54, 1.807) is 4.90 Å². The Morgan fingerprint density at radius 3 is 2.82 bits per heavy atom. The first-order valence-corrected chi connectivity index (χ1v) is 8.05. The fourth-order valence-corrected chi connectivity index (χ4v) is 2.70. The summed E-state index contributed by atoms with van der Waals surface area (Å²) in [7, 11) is 0. The Hall–Kier alpha value is -1.85. The van der Waals surface area contributed by atoms with Crippen molar-refractivity contribution >= 4 is 11.9 Å². The van der Waals surface area contributed by atoms with Gasteiger partial charge in [0.1, 0.15) is 6.26 Å². The minimum absolute atomic E-state index is 0.0365. The van der Waals surface area contributed by atoms with Gasteiger partial charge >= 0.3 is 6.09 Å². The van der Waals surface area contributed by atoms with Gasteiger partial charge in [0.25, 0.3) is 5.89 Å². The number of ether oxygens (including phenoxy) is 1. The summed E-state index contributed by atoms with van der Waals surface area (Å²) in [5.41, 5.74) is 0. The van der Waals surface area contributed by atoms with E-state index < -0.39 is 0 Å². The summed E-state index contributed by atoms with van der Waals surface area (Å²) in [4.78, 5) is 29.1. The lowest BCUT2D eigenvalue weighted by Gasteiger charge is -2.31. The van der Waals surface area contributed by atoms with E-state index in [1.165, 1.54) is 12.5 Å². The average Bonchev–Trinajstić information content (AvgIpc) is 3.07. The number of rotatable bonds is 7. The van der Waals surface area contributed by atoms with Crippen molar-refractivity contribution in [1.29, 1.82) is 0 Å². The minimum atomic E-state index is -0.195. The molecule has 2 rings (SSSR count). The first kappa shape index (κ1) is 16.5. The van der Waals surface area contributed by atoms with Crippen LogP contribution in [0.25, 0.3) is 0 Å². The molecule has 1 aliphatic heterocycles. The highest BCUT2D eigenvalue weighted by molar-refractivity contribution is 5.91. The summed E-state index contributed by atoms with van der Waals surface area (Å²) in [5.74, 6) is 0.742. The van der Waals surface area contributed by atoms with E-state index in [4.69, 9.17) is 9.15 Å². The fraction of sp³-hybridized carbons (Fsp3) is 0.688. The molecule has 0 saturated carbocycles. The van der Waals surface area contributed by atoms with Crippen LogP contribution >= 0.6 is 0 Å². The first-order chi connectivity index (χ1) is 10.7. The summed E-state index contributed by atoms with van der Waals surface area (Å²) < 4.78 is 10.1. The molecule has 0 spiro atoms. The number of amides is 1. The lowest BCUT2D eigenvalue weighted by molar-refractivity contribution is 0.0862. The standard InChI is InChI=1S/C16H24N2O4/c1-2-11-22-16(20)18-9-6-13(7-10-18)4-3-5-14(19)15-17-8-12-21-15/h8,12-13H,2-7,9-11H2,1H3. The predicted molar refractivity (Wildman–Crippen MR) is 80.6 cm³/mol. The van der Waals surface area contributed by atoms with Crippen LogP contribution in [-0.4, -0.2) is 41.5 Å². The van der Waals surface area contributed by atoms with Gasteiger partial charge in [0.15, 0.2) is 0 Å². The van der Waals surface area contributed by atoms with Gasteiger partial charge in [-0.25, -0.2) is 9.78 Å². The van der Waals surface area contributed by atoms with Crippen molar-refractivity contribution in [3.63, 3.8) is 0 Å². The molecule has 1 aromatic rings. The third-order valence-electron chi connectivity index (χ3n) is 3.99. The van der Waals surface area contributed by atoms with Crippen LogP contribution in [0.1, 0.15) is 56.1 Å². The second-order valence-corrected chi connectivity index (χ2v) is 5.70. The number of hydrogen-bond donors (Lipinski definition) is 0. The van der Waals surface area contributed by atoms with Crippen LogP contribution in [-0.2, 0) is 4.74 Å². The van der Waals surface area contributed by atoms with Gasteiger partial charge in [0.2, 0.25) is 5.78 Å². The number of piperidine rings is 1. The van der Waals surface area contributed by atoms with E-state index in [2.05, 4.69) is 4.98 Å². The van der Waals surface area contributed by atoms with Crippen molar-refractivity contribution in [3.05, 3.63) is 18.4 Å². The SMILES string of the molecule is CCCOC(=O)N1CCC(CCCC(=O)c2ncco2)CC1. The predicted octanol–water partition coefficient (Wildman–Crippen LogP) is 3.29. The molecule has 1 fully saturated rings. The summed E-state index contributed by atoms with van der Waals surface area (Å²) in [6.07, 6.45) is 7.83. The molecule has 6 heteroatoms. The van der Waals surface area contributed by atoms with Gasteiger partial charge in [-0.3, -0.25) is 4.79 Å². The van der Waals surface area contributed by atoms with Crippen molar-refractivity contribution in [3.8, 4) is 0 Å². The zero-order valence-electron chi connectivity index (χ0n) is 13.1. The van der Waals surface area contributed by atoms with Gasteiger partial charge in [0, 0.05) is 19.5 Å². The Bertz CT molecular complexity index is 465. The number of nitrogens with zero attached hydrogens (tertiary/aromatic N) is 2. The summed E-state index contributed by atoms with van der Waals surface area (Å²) in [6, 6.07) is 0. The molecule has 0 aromatic carbocycles. The number of hydrogen-bond acceptors (Lipinski definition) is 5. The number of carbonyl (C=O) groups excluding carboxylic acids is 2. The zero-order valence-corrected chi connectivity index (χ0v) is 13.1. The largest absolute Gasteiger partial charge is 0.449 e. The number of likely N-dealkylation sites (tertiary alicyclic amines) is 1. The third kappa shape index (κ3) is 4.86. The van der Waals surface area contributed by atoms with E-state index in [0.29, 0.717) is 18.9 Å². The molecule has 0 N–H and O–H groups in total. The quantitative estimate of drug-likeness (QED) is 0.723. The maximum atomic E-state index is 11.8. The van der Waals surface area contributed by atoms with E-state index in [1.807, 2.05) is 6.92 Å². The van der Waals surface area contributed by atoms with Crippen LogP contribution in [0.3, 0.4) is 0 Å². The van der Waals surface area contributed by atoms with Gasteiger partial charge in [-0.2, -0.15) is 0 Å². The molecule has 1 amide bonds. The van der Waals surface area contributed by atoms with Gasteiger partial charge in [-0.05, 0) is 38.0 Å². The van der Waals surface area contributed by atoms with Gasteiger partial charge in [-0.15, -0.1) is 0 Å². The molecule has 0 aliphatic carbocycles. The highest BCUT2D eigenvalue weighted by atomic mass is 16.6. The Kier molecular flexibility index (Phi) is 6.43. The van der Waals surface area contributed by atoms with E-state index in [9.17, 15) is 9.59 Å². The van der Waals surface area contributed by atoms with Gasteiger partial charge < -0.3 is 14.1 Å². The fourth-order valence-electron chi connectivity index (χ4n) is 2.70. The maximum absolute atomic E-state index is 11.8. The Morgan fingerprint density at radius 1 is 1.41 bits per heavy atom. The molecule has 0 atom stereocenters. The molecule has 22 heavy (non-hydrogen) atoms. The van der Waals surface area contributed by atoms with Crippen LogP contribution < -0.4 is 0 Å². The molecule has 122 valence electrons. The van der Waals surface area contributed by atoms with Crippen molar-refractivity contribution in [2.24, 2.45) is 5.92 Å². The normalized spacial score (nSPS) is 15.8. The number of Topliss-reactive ketones (excluding diaryl/α,β-unsaturated/α-hetero) is 1. The van der Waals surface area contributed by atoms with E-state index in [0.717, 1.165) is 45.2 Å². The zero-order chi connectivity index (χ0) is 15.8. The van der Waals surface area contributed by atoms with Crippen molar-refractivity contribution < 1.29 is 18.7 Å². The smallest absolute Gasteiger partial charge is 0.409 e. The highest BCUT2D eigenvalue weighted by Gasteiger charge is 2.23. The summed E-state index contributed by atoms with van der Waals surface area (Å²) in [5, 5.41) is 0. The maximum Gasteiger partial charge on any atom is 0.409 e. The van der Waals surface area contributed by atoms with Gasteiger partial charge in [-0.1, -0.05) is 6.92 Å². The van der Waals surface area contributed by atoms with Crippen LogP contribution in [0.15, 0.2) is 16.9 Å². The molecule has 1 aromatic heterocycles. The molecule has 1 aliphatic rings. The van der Waals surface area contributed by atoms with E-state index >= 15 is 0 Å². The summed E-state index contributed by atoms with van der Waals surface area (Å²) in [6.45, 7) is 3.97. The molecular weight excluding hydrogens is 284 g/mol. The first-order valence-electron chi connectivity index (χ1n) is 8.05. The monoisotopic (exact) mass is 308 g/mol. The number of oxazole rings is 1. The second kappa shape index (κ2) is 8.56. The van der Waals surface area contributed by atoms with Crippen molar-refractivity contribution in [2.75, 3.05) is 19.7 Å². The number of carbonyl (C=O) groups is 2. The lowest BCUT2D eigenvalue weighted by atomic mass is 9.91. The number of aromatic nitrogens is 1. The van der Waals surface area contributed by atoms with Crippen LogP contribution in [0.5, 0.6) is 0 Å². The Labute approximate surface area is 130 Å². The van der Waals surface area contributed by atoms with Crippen LogP contribution in [0.2, 0.25) is 0 Å². The third-order valence-corrected chi connectivity index (χ3v) is 3.99.